The smallest absolute Gasteiger partial charge is 0.354 e. The van der Waals surface area contributed by atoms with Crippen LogP contribution in [0.3, 0.4) is 0 Å². The molecule has 0 aliphatic carbocycles. The molecule has 2 amide bonds. The number of anilines is 1. The second-order valence-electron chi connectivity index (χ2n) is 17.4. The quantitative estimate of drug-likeness (QED) is 0.0937. The second-order valence-corrected chi connectivity index (χ2v) is 18.5. The summed E-state index contributed by atoms with van der Waals surface area (Å²) in [6.45, 7) is 9.17. The van der Waals surface area contributed by atoms with Crippen molar-refractivity contribution in [3.63, 3.8) is 0 Å². The van der Waals surface area contributed by atoms with Crippen molar-refractivity contribution in [2.75, 3.05) is 95.4 Å². The molecule has 3 N–H and O–H groups in total. The van der Waals surface area contributed by atoms with Crippen LogP contribution in [0.1, 0.15) is 94.0 Å². The molecule has 1 fully saturated rings. The highest BCUT2D eigenvalue weighted by Gasteiger charge is 2.24. The number of nitrogens with one attached hydrogen (secondary N) is 1. The molecule has 0 spiro atoms. The number of hydrogen-bond donors (Lipinski definition) is 3. The minimum Gasteiger partial charge on any atom is -0.477 e. The molecule has 2 atom stereocenters. The summed E-state index contributed by atoms with van der Waals surface area (Å²) in [5, 5.41) is 22.0. The van der Waals surface area contributed by atoms with Gasteiger partial charge in [-0.25, -0.2) is 19.6 Å². The van der Waals surface area contributed by atoms with Crippen molar-refractivity contribution in [2.24, 2.45) is 0 Å². The third kappa shape index (κ3) is 18.3. The predicted octanol–water partition coefficient (Wildman–Crippen LogP) is 6.79. The molecule has 0 radical (unpaired) electrons. The number of aromatic carboxylic acids is 2. The van der Waals surface area contributed by atoms with E-state index in [2.05, 4.69) is 62.4 Å². The summed E-state index contributed by atoms with van der Waals surface area (Å²) in [6.07, 6.45) is 7.06. The lowest BCUT2D eigenvalue weighted by Gasteiger charge is -2.26. The minimum absolute atomic E-state index is 0.00203. The molecular formula is C53H68N6O10S. The molecule has 2 aromatic heterocycles. The van der Waals surface area contributed by atoms with Crippen molar-refractivity contribution in [1.82, 2.24) is 25.1 Å². The number of allylic oxidation sites excluding steroid dienone is 1. The van der Waals surface area contributed by atoms with Crippen LogP contribution < -0.4 is 10.2 Å². The number of hydrogen-bond acceptors (Lipinski definition) is 13. The van der Waals surface area contributed by atoms with Gasteiger partial charge in [0.1, 0.15) is 11.4 Å². The molecule has 17 heteroatoms. The van der Waals surface area contributed by atoms with Gasteiger partial charge < -0.3 is 39.4 Å². The third-order valence-electron chi connectivity index (χ3n) is 12.0. The number of aromatic nitrogens is 2. The first-order chi connectivity index (χ1) is 34.1. The highest BCUT2D eigenvalue weighted by atomic mass is 32.2. The number of fused-ring (bicyclic) bond motifs is 2. The molecule has 6 rings (SSSR count). The Kier molecular flexibility index (Phi) is 22.8. The number of unbranched alkanes of at least 4 members (excludes halogenated alkanes) is 2. The Bertz CT molecular complexity index is 2320. The Hall–Kier alpha value is -5.53. The van der Waals surface area contributed by atoms with Crippen LogP contribution >= 0.6 is 11.8 Å². The van der Waals surface area contributed by atoms with Gasteiger partial charge in [-0.2, -0.15) is 11.8 Å². The summed E-state index contributed by atoms with van der Waals surface area (Å²) < 4.78 is 24.5. The Morgan fingerprint density at radius 1 is 0.700 bits per heavy atom. The van der Waals surface area contributed by atoms with E-state index < -0.39 is 11.9 Å². The van der Waals surface area contributed by atoms with Crippen molar-refractivity contribution >= 4 is 47.3 Å². The summed E-state index contributed by atoms with van der Waals surface area (Å²) in [6, 6.07) is 26.1. The van der Waals surface area contributed by atoms with E-state index in [0.717, 1.165) is 47.4 Å². The zero-order chi connectivity index (χ0) is 49.3. The Morgan fingerprint density at radius 3 is 2.01 bits per heavy atom. The molecule has 376 valence electrons. The van der Waals surface area contributed by atoms with Crippen LogP contribution in [0.2, 0.25) is 0 Å². The van der Waals surface area contributed by atoms with Crippen LogP contribution in [0.5, 0.6) is 0 Å². The summed E-state index contributed by atoms with van der Waals surface area (Å²) in [5.74, 6) is -0.626. The van der Waals surface area contributed by atoms with Crippen molar-refractivity contribution in [3.05, 3.63) is 130 Å². The maximum absolute atomic E-state index is 13.8. The first-order valence-corrected chi connectivity index (χ1v) is 25.5. The molecule has 2 aromatic carbocycles. The number of carboxylic acid groups (broad SMARTS) is 2. The largest absolute Gasteiger partial charge is 0.477 e. The van der Waals surface area contributed by atoms with E-state index in [0.29, 0.717) is 116 Å². The van der Waals surface area contributed by atoms with Gasteiger partial charge in [0.25, 0.3) is 0 Å². The van der Waals surface area contributed by atoms with Gasteiger partial charge in [0.2, 0.25) is 11.8 Å². The van der Waals surface area contributed by atoms with Gasteiger partial charge in [-0.15, -0.1) is 0 Å². The molecule has 2 aliphatic heterocycles. The van der Waals surface area contributed by atoms with Gasteiger partial charge in [0.05, 0.1) is 70.3 Å². The number of ether oxygens (including phenoxy) is 4. The van der Waals surface area contributed by atoms with E-state index in [1.807, 2.05) is 47.4 Å². The predicted molar refractivity (Wildman–Crippen MR) is 270 cm³/mol. The number of benzene rings is 2. The normalized spacial score (nSPS) is 18.7. The van der Waals surface area contributed by atoms with Crippen LogP contribution in [0.4, 0.5) is 5.69 Å². The highest BCUT2D eigenvalue weighted by molar-refractivity contribution is 7.99. The molecule has 0 saturated carbocycles. The average Bonchev–Trinajstić information content (AvgIpc) is 3.42. The number of carbonyl (C=O) groups excluding carboxylic acids is 2. The van der Waals surface area contributed by atoms with Crippen LogP contribution in [0.25, 0.3) is 6.08 Å². The zero-order valence-corrected chi connectivity index (χ0v) is 41.1. The standard InChI is InChI=1S/C53H68N6O10S/c1-40-19-20-41-11-3-4-12-42(41)35-59(49-18-6-5-15-46(40)49)51(61)22-21-50(60)54-23-7-2-8-34-70-39-45-38-68-30-26-57(36-43-13-9-16-47(55-43)52(62)63)24-28-66-32-33-67-29-25-58(27-31-69-45)37-44-14-10-17-48(56-44)53(64)65/h3-6,9-20,40,45H,2,7-8,21-39H2,1H3,(H,54,60)(H,62,63)(H,64,65)/b20-19-/t40?,45-/m0/s1. The van der Waals surface area contributed by atoms with E-state index in [-0.39, 0.29) is 48.1 Å². The van der Waals surface area contributed by atoms with E-state index >= 15 is 0 Å². The number of thioether (sulfide) groups is 1. The van der Waals surface area contributed by atoms with Crippen LogP contribution in [-0.4, -0.2) is 150 Å². The van der Waals surface area contributed by atoms with Crippen molar-refractivity contribution in [3.8, 4) is 0 Å². The highest BCUT2D eigenvalue weighted by Crippen LogP contribution is 2.33. The summed E-state index contributed by atoms with van der Waals surface area (Å²) >= 11 is 1.79. The van der Waals surface area contributed by atoms with Crippen molar-refractivity contribution < 1.29 is 48.3 Å². The van der Waals surface area contributed by atoms with Crippen LogP contribution in [-0.2, 0) is 48.2 Å². The molecule has 16 nitrogen and oxygen atoms in total. The molecule has 4 aromatic rings. The van der Waals surface area contributed by atoms with Crippen molar-refractivity contribution in [1.29, 1.82) is 0 Å². The number of carbonyl (C=O) groups is 4. The molecule has 1 saturated heterocycles. The van der Waals surface area contributed by atoms with E-state index in [1.54, 1.807) is 23.9 Å². The number of para-hydroxylation sites is 1. The molecule has 70 heavy (non-hydrogen) atoms. The Morgan fingerprint density at radius 2 is 1.33 bits per heavy atom. The van der Waals surface area contributed by atoms with Gasteiger partial charge in [-0.3, -0.25) is 19.4 Å². The van der Waals surface area contributed by atoms with Gasteiger partial charge in [-0.05, 0) is 65.6 Å². The van der Waals surface area contributed by atoms with Gasteiger partial charge >= 0.3 is 11.9 Å². The molecular weight excluding hydrogens is 913 g/mol. The van der Waals surface area contributed by atoms with E-state index in [4.69, 9.17) is 18.9 Å². The number of rotatable bonds is 17. The monoisotopic (exact) mass is 980 g/mol. The molecule has 4 heterocycles. The lowest BCUT2D eigenvalue weighted by atomic mass is 9.97. The Balaban J connectivity index is 0.956. The number of pyridine rings is 2. The summed E-state index contributed by atoms with van der Waals surface area (Å²) in [7, 11) is 0. The second kappa shape index (κ2) is 29.6. The summed E-state index contributed by atoms with van der Waals surface area (Å²) in [5.41, 5.74) is 5.38. The first-order valence-electron chi connectivity index (χ1n) is 24.3. The van der Waals surface area contributed by atoms with Crippen LogP contribution in [0.15, 0.2) is 91.0 Å². The fraction of sp³-hybridized carbons (Fsp3) is 0.472. The lowest BCUT2D eigenvalue weighted by Crippen LogP contribution is -2.35. The van der Waals surface area contributed by atoms with E-state index in [1.165, 1.54) is 12.1 Å². The lowest BCUT2D eigenvalue weighted by molar-refractivity contribution is -0.125. The SMILES string of the molecule is CC1/C=C\c2ccccc2CN(C(=O)CCC(=O)NCCCCCSC[C@@H]2COCCN(Cc3cccc(C(=O)O)n3)CCOCCOCCN(Cc3cccc(C(=O)O)n3)CCO2)c2ccccc21. The van der Waals surface area contributed by atoms with Crippen molar-refractivity contribution in [2.45, 2.75) is 70.7 Å². The zero-order valence-electron chi connectivity index (χ0n) is 40.3. The third-order valence-corrected chi connectivity index (χ3v) is 13.2. The molecule has 1 unspecified atom stereocenters. The first kappa shape index (κ1) is 53.8. The number of carboxylic acids is 2. The fourth-order valence-electron chi connectivity index (χ4n) is 8.16. The van der Waals surface area contributed by atoms with Gasteiger partial charge in [0, 0.05) is 76.0 Å². The van der Waals surface area contributed by atoms with Gasteiger partial charge in [0.15, 0.2) is 0 Å². The summed E-state index contributed by atoms with van der Waals surface area (Å²) in [4.78, 5) is 64.6. The van der Waals surface area contributed by atoms with Gasteiger partial charge in [-0.1, -0.05) is 80.1 Å². The topological polar surface area (TPSA) is 193 Å². The van der Waals surface area contributed by atoms with E-state index in [9.17, 15) is 29.4 Å². The number of nitrogens with zero attached hydrogens (tertiary/aromatic N) is 5. The minimum atomic E-state index is -1.08. The Labute approximate surface area is 415 Å². The number of amides is 2. The molecule has 0 bridgehead atoms. The maximum Gasteiger partial charge on any atom is 0.354 e. The molecule has 2 aliphatic rings. The maximum atomic E-state index is 13.8. The van der Waals surface area contributed by atoms with Crippen LogP contribution in [0, 0.1) is 0 Å². The average molecular weight is 981 g/mol. The fourth-order valence-corrected chi connectivity index (χ4v) is 9.19.